The Morgan fingerprint density at radius 3 is 2.36 bits per heavy atom. The highest BCUT2D eigenvalue weighted by Crippen LogP contribution is 2.45. The maximum Gasteiger partial charge on any atom is 0.126 e. The van der Waals surface area contributed by atoms with Crippen molar-refractivity contribution in [3.63, 3.8) is 0 Å². The van der Waals surface area contributed by atoms with Gasteiger partial charge in [0.05, 0.1) is 6.10 Å². The van der Waals surface area contributed by atoms with Crippen LogP contribution in [-0.4, -0.2) is 12.6 Å². The van der Waals surface area contributed by atoms with E-state index in [0.29, 0.717) is 6.10 Å². The van der Waals surface area contributed by atoms with Crippen LogP contribution in [-0.2, 0) is 5.41 Å². The molecule has 122 valence electrons. The lowest BCUT2D eigenvalue weighted by atomic mass is 9.68. The standard InChI is InChI=1S/C20H31NO/c1-15-10-11-18(20(14-21)12-6-3-7-13-20)19(16(15)2)22-17-8-4-5-9-17/h10-11,17H,3-9,12-14,21H2,1-2H3. The fraction of sp³-hybridized carbons (Fsp3) is 0.700. The molecule has 2 aliphatic carbocycles. The summed E-state index contributed by atoms with van der Waals surface area (Å²) in [6.07, 6.45) is 11.8. The Morgan fingerprint density at radius 2 is 1.73 bits per heavy atom. The van der Waals surface area contributed by atoms with Gasteiger partial charge in [-0.05, 0) is 63.5 Å². The van der Waals surface area contributed by atoms with Gasteiger partial charge in [0, 0.05) is 17.5 Å². The van der Waals surface area contributed by atoms with Crippen LogP contribution in [0, 0.1) is 13.8 Å². The number of ether oxygens (including phenoxy) is 1. The molecule has 0 heterocycles. The van der Waals surface area contributed by atoms with Crippen molar-refractivity contribution in [2.45, 2.75) is 83.2 Å². The Bertz CT molecular complexity index is 511. The van der Waals surface area contributed by atoms with Gasteiger partial charge in [0.15, 0.2) is 0 Å². The molecule has 0 spiro atoms. The highest BCUT2D eigenvalue weighted by Gasteiger charge is 2.36. The third-order valence-corrected chi connectivity index (χ3v) is 6.04. The highest BCUT2D eigenvalue weighted by atomic mass is 16.5. The third kappa shape index (κ3) is 2.90. The number of hydrogen-bond donors (Lipinski definition) is 1. The number of nitrogens with two attached hydrogens (primary N) is 1. The Balaban J connectivity index is 1.99. The fourth-order valence-corrected chi connectivity index (χ4v) is 4.34. The van der Waals surface area contributed by atoms with E-state index in [0.717, 1.165) is 6.54 Å². The van der Waals surface area contributed by atoms with Gasteiger partial charge in [0.1, 0.15) is 5.75 Å². The van der Waals surface area contributed by atoms with Gasteiger partial charge in [-0.25, -0.2) is 0 Å². The van der Waals surface area contributed by atoms with Crippen LogP contribution < -0.4 is 10.5 Å². The lowest BCUT2D eigenvalue weighted by molar-refractivity contribution is 0.196. The Labute approximate surface area is 135 Å². The monoisotopic (exact) mass is 301 g/mol. The number of benzene rings is 1. The number of hydrogen-bond acceptors (Lipinski definition) is 2. The molecular weight excluding hydrogens is 270 g/mol. The van der Waals surface area contributed by atoms with E-state index < -0.39 is 0 Å². The topological polar surface area (TPSA) is 35.2 Å². The molecule has 2 fully saturated rings. The molecule has 0 saturated heterocycles. The van der Waals surface area contributed by atoms with E-state index in [1.54, 1.807) is 0 Å². The van der Waals surface area contributed by atoms with Crippen molar-refractivity contribution < 1.29 is 4.74 Å². The van der Waals surface area contributed by atoms with E-state index in [4.69, 9.17) is 10.5 Å². The second-order valence-electron chi connectivity index (χ2n) is 7.45. The van der Waals surface area contributed by atoms with E-state index >= 15 is 0 Å². The zero-order valence-corrected chi connectivity index (χ0v) is 14.3. The van der Waals surface area contributed by atoms with Crippen LogP contribution in [0.1, 0.15) is 74.5 Å². The summed E-state index contributed by atoms with van der Waals surface area (Å²) in [4.78, 5) is 0. The normalized spacial score (nSPS) is 22.0. The lowest BCUT2D eigenvalue weighted by Gasteiger charge is -2.39. The van der Waals surface area contributed by atoms with Gasteiger partial charge < -0.3 is 10.5 Å². The summed E-state index contributed by atoms with van der Waals surface area (Å²) in [6.45, 7) is 5.16. The predicted molar refractivity (Wildman–Crippen MR) is 92.6 cm³/mol. The average Bonchev–Trinajstić information content (AvgIpc) is 3.06. The van der Waals surface area contributed by atoms with E-state index in [1.165, 1.54) is 80.2 Å². The van der Waals surface area contributed by atoms with Crippen LogP contribution in [0.2, 0.25) is 0 Å². The first-order valence-corrected chi connectivity index (χ1v) is 9.14. The first-order valence-electron chi connectivity index (χ1n) is 9.14. The molecule has 2 N–H and O–H groups in total. The molecule has 2 saturated carbocycles. The second kappa shape index (κ2) is 6.62. The first-order chi connectivity index (χ1) is 10.7. The molecular formula is C20H31NO. The molecule has 0 radical (unpaired) electrons. The molecule has 0 aliphatic heterocycles. The Morgan fingerprint density at radius 1 is 1.05 bits per heavy atom. The Hall–Kier alpha value is -1.02. The molecule has 2 nitrogen and oxygen atoms in total. The van der Waals surface area contributed by atoms with Gasteiger partial charge >= 0.3 is 0 Å². The summed E-state index contributed by atoms with van der Waals surface area (Å²) in [5.41, 5.74) is 10.5. The van der Waals surface area contributed by atoms with E-state index in [2.05, 4.69) is 26.0 Å². The summed E-state index contributed by atoms with van der Waals surface area (Å²) < 4.78 is 6.54. The maximum absolute atomic E-state index is 6.54. The van der Waals surface area contributed by atoms with Crippen molar-refractivity contribution >= 4 is 0 Å². The van der Waals surface area contributed by atoms with Crippen molar-refractivity contribution in [1.29, 1.82) is 0 Å². The van der Waals surface area contributed by atoms with Gasteiger partial charge in [0.25, 0.3) is 0 Å². The van der Waals surface area contributed by atoms with Crippen LogP contribution >= 0.6 is 0 Å². The summed E-state index contributed by atoms with van der Waals surface area (Å²) in [7, 11) is 0. The van der Waals surface area contributed by atoms with Gasteiger partial charge in [0.2, 0.25) is 0 Å². The second-order valence-corrected chi connectivity index (χ2v) is 7.45. The summed E-state index contributed by atoms with van der Waals surface area (Å²) in [5.74, 6) is 1.17. The summed E-state index contributed by atoms with van der Waals surface area (Å²) in [6, 6.07) is 4.57. The van der Waals surface area contributed by atoms with E-state index in [9.17, 15) is 0 Å². The largest absolute Gasteiger partial charge is 0.490 e. The number of rotatable bonds is 4. The quantitative estimate of drug-likeness (QED) is 0.868. The SMILES string of the molecule is Cc1ccc(C2(CN)CCCCC2)c(OC2CCCC2)c1C. The minimum atomic E-state index is 0.143. The van der Waals surface area contributed by atoms with Crippen LogP contribution in [0.5, 0.6) is 5.75 Å². The zero-order valence-electron chi connectivity index (χ0n) is 14.3. The summed E-state index contributed by atoms with van der Waals surface area (Å²) >= 11 is 0. The van der Waals surface area contributed by atoms with Crippen LogP contribution in [0.3, 0.4) is 0 Å². The Kier molecular flexibility index (Phi) is 4.77. The van der Waals surface area contributed by atoms with Crippen LogP contribution in [0.4, 0.5) is 0 Å². The van der Waals surface area contributed by atoms with E-state index in [-0.39, 0.29) is 5.41 Å². The van der Waals surface area contributed by atoms with Crippen molar-refractivity contribution in [3.05, 3.63) is 28.8 Å². The molecule has 0 atom stereocenters. The van der Waals surface area contributed by atoms with Crippen molar-refractivity contribution in [3.8, 4) is 5.75 Å². The minimum Gasteiger partial charge on any atom is -0.490 e. The minimum absolute atomic E-state index is 0.143. The van der Waals surface area contributed by atoms with Crippen molar-refractivity contribution in [2.75, 3.05) is 6.54 Å². The highest BCUT2D eigenvalue weighted by molar-refractivity contribution is 5.49. The molecule has 0 amide bonds. The molecule has 2 heteroatoms. The average molecular weight is 301 g/mol. The molecule has 0 aromatic heterocycles. The van der Waals surface area contributed by atoms with Gasteiger partial charge in [-0.3, -0.25) is 0 Å². The molecule has 2 aliphatic rings. The van der Waals surface area contributed by atoms with Gasteiger partial charge in [-0.1, -0.05) is 31.4 Å². The zero-order chi connectivity index (χ0) is 15.6. The molecule has 0 unspecified atom stereocenters. The smallest absolute Gasteiger partial charge is 0.126 e. The maximum atomic E-state index is 6.54. The molecule has 22 heavy (non-hydrogen) atoms. The predicted octanol–water partition coefficient (Wildman–Crippen LogP) is 4.79. The van der Waals surface area contributed by atoms with Crippen LogP contribution in [0.15, 0.2) is 12.1 Å². The molecule has 0 bridgehead atoms. The fourth-order valence-electron chi connectivity index (χ4n) is 4.34. The third-order valence-electron chi connectivity index (χ3n) is 6.04. The molecule has 1 aromatic carbocycles. The first kappa shape index (κ1) is 15.9. The van der Waals surface area contributed by atoms with Crippen molar-refractivity contribution in [1.82, 2.24) is 0 Å². The summed E-state index contributed by atoms with van der Waals surface area (Å²) in [5, 5.41) is 0. The molecule has 1 aromatic rings. The van der Waals surface area contributed by atoms with Crippen molar-refractivity contribution in [2.24, 2.45) is 5.73 Å². The van der Waals surface area contributed by atoms with Gasteiger partial charge in [-0.2, -0.15) is 0 Å². The van der Waals surface area contributed by atoms with E-state index in [1.807, 2.05) is 0 Å². The number of aryl methyl sites for hydroxylation is 1. The lowest BCUT2D eigenvalue weighted by Crippen LogP contribution is -2.38. The van der Waals surface area contributed by atoms with Gasteiger partial charge in [-0.15, -0.1) is 0 Å². The van der Waals surface area contributed by atoms with Crippen LogP contribution in [0.25, 0.3) is 0 Å². The molecule has 3 rings (SSSR count).